The lowest BCUT2D eigenvalue weighted by Gasteiger charge is -2.37. The highest BCUT2D eigenvalue weighted by Crippen LogP contribution is 2.44. The number of primary amides is 1. The lowest BCUT2D eigenvalue weighted by atomic mass is 9.85. The summed E-state index contributed by atoms with van der Waals surface area (Å²) in [6, 6.07) is 9.21. The molecule has 72 heavy (non-hydrogen) atoms. The summed E-state index contributed by atoms with van der Waals surface area (Å²) in [6.45, 7) is 7.08. The van der Waals surface area contributed by atoms with Crippen molar-refractivity contribution in [3.05, 3.63) is 65.7 Å². The monoisotopic (exact) mass is 1040 g/mol. The smallest absolute Gasteiger partial charge is 0.246 e. The molecule has 10 N–H and O–H groups in total. The predicted molar refractivity (Wildman–Crippen MR) is 280 cm³/mol. The average Bonchev–Trinajstić information content (AvgIpc) is 3.85. The van der Waals surface area contributed by atoms with Crippen molar-refractivity contribution in [2.45, 2.75) is 158 Å². The number of thioether (sulfide) groups is 2. The summed E-state index contributed by atoms with van der Waals surface area (Å²) in [5.41, 5.74) is 12.7. The highest BCUT2D eigenvalue weighted by atomic mass is 32.2. The van der Waals surface area contributed by atoms with Gasteiger partial charge in [0.15, 0.2) is 0 Å². The first-order valence-corrected chi connectivity index (χ1v) is 27.8. The molecule has 0 radical (unpaired) electrons. The Balaban J connectivity index is 1.49. The SMILES string of the molecule is CCOc1ccc(C[C@H]2NC(=O)CC3(CCCCC3)SCSC[C@H](C(=O)N3CCCC3C(=O)NCCCCCCN)NC(=O)[C@@H](CC(N)=O)NC(=O)[C@H](C(C)C)NC(=O)[C@@H](Cc3ccccc3)NC2=O)cc1. The van der Waals surface area contributed by atoms with Gasteiger partial charge in [-0.15, -0.1) is 23.5 Å². The standard InChI is InChI=1S/C52H77N9O9S2/c1-4-70-37-21-19-36(20-22-37)29-38-46(64)57-39(28-35-16-9-7-10-17-35)48(66)60-45(34(2)3)50(68)58-40(30-43(54)62)47(65)59-41(32-71-33-72-52(31-44(63)56-38)23-11-8-12-24-52)51(69)61-27-15-18-42(61)49(67)55-26-14-6-5-13-25-53/h7,9-10,16-17,19-22,34,38-42,45H,4-6,8,11-15,18,23-33,53H2,1-3H3,(H2,54,62)(H,55,67)(H,56,63)(H,57,64)(H,58,68)(H,59,65)(H,60,66)/t38-,39-,40-,41-,42?,45+/m1/s1. The molecule has 0 aromatic heterocycles. The molecule has 0 bridgehead atoms. The van der Waals surface area contributed by atoms with Gasteiger partial charge in [-0.05, 0) is 81.2 Å². The number of nitrogens with zero attached hydrogens (tertiary/aromatic N) is 1. The number of unbranched alkanes of at least 4 members (excludes halogenated alkanes) is 3. The van der Waals surface area contributed by atoms with Crippen LogP contribution in [0.15, 0.2) is 54.6 Å². The second-order valence-corrected chi connectivity index (χ2v) is 22.3. The zero-order chi connectivity index (χ0) is 52.0. The maximum atomic E-state index is 14.6. The molecular weight excluding hydrogens is 959 g/mol. The molecular formula is C52H77N9O9S2. The fourth-order valence-corrected chi connectivity index (χ4v) is 12.5. The van der Waals surface area contributed by atoms with E-state index in [0.717, 1.165) is 63.4 Å². The zero-order valence-electron chi connectivity index (χ0n) is 42.2. The van der Waals surface area contributed by atoms with Gasteiger partial charge < -0.3 is 53.0 Å². The predicted octanol–water partition coefficient (Wildman–Crippen LogP) is 2.98. The number of amides is 8. The quantitative estimate of drug-likeness (QED) is 0.106. The fraction of sp³-hybridized carbons (Fsp3) is 0.615. The van der Waals surface area contributed by atoms with E-state index in [9.17, 15) is 38.4 Å². The summed E-state index contributed by atoms with van der Waals surface area (Å²) >= 11 is 2.99. The first-order valence-electron chi connectivity index (χ1n) is 25.7. The minimum Gasteiger partial charge on any atom is -0.494 e. The van der Waals surface area contributed by atoms with E-state index in [0.29, 0.717) is 48.9 Å². The van der Waals surface area contributed by atoms with E-state index in [1.54, 1.807) is 62.0 Å². The third-order valence-corrected chi connectivity index (χ3v) is 16.3. The molecule has 1 spiro atoms. The molecule has 8 amide bonds. The number of carbonyl (C=O) groups is 8. The number of hydrogen-bond donors (Lipinski definition) is 8. The summed E-state index contributed by atoms with van der Waals surface area (Å²) in [5.74, 6) is -4.79. The molecule has 396 valence electrons. The van der Waals surface area contributed by atoms with Crippen molar-refractivity contribution in [1.82, 2.24) is 36.8 Å². The Bertz CT molecular complexity index is 2130. The molecule has 1 aliphatic carbocycles. The normalized spacial score (nSPS) is 24.0. The molecule has 2 aromatic carbocycles. The molecule has 18 nitrogen and oxygen atoms in total. The molecule has 2 saturated heterocycles. The van der Waals surface area contributed by atoms with Crippen LogP contribution in [-0.4, -0.2) is 130 Å². The van der Waals surface area contributed by atoms with Crippen molar-refractivity contribution in [1.29, 1.82) is 0 Å². The number of likely N-dealkylation sites (tertiary alicyclic amines) is 1. The number of nitrogens with two attached hydrogens (primary N) is 2. The molecule has 1 unspecified atom stereocenters. The van der Waals surface area contributed by atoms with Gasteiger partial charge in [0, 0.05) is 47.9 Å². The van der Waals surface area contributed by atoms with Gasteiger partial charge in [0.2, 0.25) is 47.3 Å². The van der Waals surface area contributed by atoms with E-state index >= 15 is 0 Å². The zero-order valence-corrected chi connectivity index (χ0v) is 43.8. The average molecular weight is 1040 g/mol. The molecule has 3 aliphatic rings. The van der Waals surface area contributed by atoms with Crippen molar-refractivity contribution >= 4 is 70.8 Å². The first kappa shape index (κ1) is 57.6. The number of ether oxygens (including phenoxy) is 1. The summed E-state index contributed by atoms with van der Waals surface area (Å²) in [6.07, 6.45) is 8.44. The second-order valence-electron chi connectivity index (χ2n) is 19.4. The number of rotatable bonds is 17. The van der Waals surface area contributed by atoms with E-state index < -0.39 is 88.8 Å². The van der Waals surface area contributed by atoms with Crippen molar-refractivity contribution in [2.24, 2.45) is 17.4 Å². The van der Waals surface area contributed by atoms with Crippen LogP contribution < -0.4 is 48.1 Å². The van der Waals surface area contributed by atoms with Gasteiger partial charge in [-0.2, -0.15) is 0 Å². The van der Waals surface area contributed by atoms with Crippen LogP contribution in [0.4, 0.5) is 0 Å². The van der Waals surface area contributed by atoms with Crippen molar-refractivity contribution in [2.75, 3.05) is 37.1 Å². The molecule has 6 atom stereocenters. The second kappa shape index (κ2) is 29.4. The summed E-state index contributed by atoms with van der Waals surface area (Å²) in [4.78, 5) is 114. The third-order valence-electron chi connectivity index (χ3n) is 13.4. The van der Waals surface area contributed by atoms with Crippen LogP contribution in [0, 0.1) is 5.92 Å². The molecule has 20 heteroatoms. The van der Waals surface area contributed by atoms with E-state index in [-0.39, 0.29) is 43.4 Å². The van der Waals surface area contributed by atoms with Crippen LogP contribution in [0.5, 0.6) is 5.75 Å². The Kier molecular flexibility index (Phi) is 23.5. The van der Waals surface area contributed by atoms with Crippen LogP contribution in [-0.2, 0) is 51.2 Å². The minimum absolute atomic E-state index is 0.0306. The first-order chi connectivity index (χ1) is 34.6. The largest absolute Gasteiger partial charge is 0.494 e. The maximum Gasteiger partial charge on any atom is 0.246 e. The van der Waals surface area contributed by atoms with Crippen LogP contribution in [0.2, 0.25) is 0 Å². The topological polar surface area (TPSA) is 273 Å². The van der Waals surface area contributed by atoms with E-state index in [1.807, 2.05) is 25.1 Å². The van der Waals surface area contributed by atoms with Crippen LogP contribution in [0.1, 0.15) is 115 Å². The highest BCUT2D eigenvalue weighted by Gasteiger charge is 2.41. The van der Waals surface area contributed by atoms with Gasteiger partial charge in [-0.1, -0.05) is 88.4 Å². The van der Waals surface area contributed by atoms with Crippen molar-refractivity contribution in [3.8, 4) is 5.75 Å². The lowest BCUT2D eigenvalue weighted by Crippen LogP contribution is -2.61. The van der Waals surface area contributed by atoms with E-state index in [2.05, 4.69) is 31.9 Å². The van der Waals surface area contributed by atoms with Gasteiger partial charge in [0.25, 0.3) is 0 Å². The van der Waals surface area contributed by atoms with Gasteiger partial charge in [-0.25, -0.2) is 0 Å². The maximum absolute atomic E-state index is 14.6. The molecule has 2 aliphatic heterocycles. The Hall–Kier alpha value is -5.34. The van der Waals surface area contributed by atoms with Crippen LogP contribution in [0.3, 0.4) is 0 Å². The van der Waals surface area contributed by atoms with Gasteiger partial charge >= 0.3 is 0 Å². The van der Waals surface area contributed by atoms with Crippen LogP contribution >= 0.6 is 23.5 Å². The molecule has 1 saturated carbocycles. The minimum atomic E-state index is -1.54. The molecule has 5 rings (SSSR count). The Morgan fingerprint density at radius 2 is 1.42 bits per heavy atom. The molecule has 3 fully saturated rings. The summed E-state index contributed by atoms with van der Waals surface area (Å²) in [7, 11) is 0. The van der Waals surface area contributed by atoms with E-state index in [4.69, 9.17) is 16.2 Å². The van der Waals surface area contributed by atoms with Crippen LogP contribution in [0.25, 0.3) is 0 Å². The number of carbonyl (C=O) groups excluding carboxylic acids is 8. The van der Waals surface area contributed by atoms with Gasteiger partial charge in [0.05, 0.1) is 13.0 Å². The molecule has 2 heterocycles. The Morgan fingerprint density at radius 1 is 0.778 bits per heavy atom. The molecule has 2 aromatic rings. The van der Waals surface area contributed by atoms with Crippen molar-refractivity contribution < 1.29 is 43.1 Å². The summed E-state index contributed by atoms with van der Waals surface area (Å²) in [5, 5.41) is 17.6. The number of hydrogen-bond acceptors (Lipinski definition) is 12. The highest BCUT2D eigenvalue weighted by molar-refractivity contribution is 8.16. The number of benzene rings is 2. The van der Waals surface area contributed by atoms with Gasteiger partial charge in [0.1, 0.15) is 42.0 Å². The number of nitrogens with one attached hydrogen (secondary N) is 6. The Labute approximate surface area is 432 Å². The lowest BCUT2D eigenvalue weighted by molar-refractivity contribution is -0.141. The van der Waals surface area contributed by atoms with E-state index in [1.165, 1.54) is 16.7 Å². The van der Waals surface area contributed by atoms with Crippen molar-refractivity contribution in [3.63, 3.8) is 0 Å². The fourth-order valence-electron chi connectivity index (χ4n) is 9.47. The Morgan fingerprint density at radius 3 is 2.08 bits per heavy atom. The summed E-state index contributed by atoms with van der Waals surface area (Å²) < 4.78 is 5.14. The third kappa shape index (κ3) is 18.0. The van der Waals surface area contributed by atoms with Gasteiger partial charge in [-0.3, -0.25) is 38.4 Å².